The molecule has 0 aliphatic heterocycles. The van der Waals surface area contributed by atoms with Gasteiger partial charge in [0.25, 0.3) is 0 Å². The molecule has 2 heterocycles. The van der Waals surface area contributed by atoms with Gasteiger partial charge in [-0.15, -0.1) is 0 Å². The van der Waals surface area contributed by atoms with Gasteiger partial charge < -0.3 is 15.7 Å². The third kappa shape index (κ3) is 1.20. The maximum atomic E-state index is 8.55. The molecular formula is C7H10N4O2. The smallest absolute Gasteiger partial charge is 0.249 e. The molecule has 6 nitrogen and oxygen atoms in total. The minimum absolute atomic E-state index is 0.0273. The monoisotopic (exact) mass is 182 g/mol. The van der Waals surface area contributed by atoms with Crippen LogP contribution in [0.5, 0.6) is 0 Å². The van der Waals surface area contributed by atoms with E-state index in [-0.39, 0.29) is 13.2 Å². The van der Waals surface area contributed by atoms with Crippen LogP contribution >= 0.6 is 0 Å². The Bertz CT molecular complexity index is 405. The maximum Gasteiger partial charge on any atom is 0.249 e. The summed E-state index contributed by atoms with van der Waals surface area (Å²) >= 11 is 0. The minimum Gasteiger partial charge on any atom is -0.408 e. The van der Waals surface area contributed by atoms with Crippen LogP contribution in [0.1, 0.15) is 0 Å². The van der Waals surface area contributed by atoms with Crippen LogP contribution in [0, 0.1) is 0 Å². The van der Waals surface area contributed by atoms with Crippen molar-refractivity contribution in [2.75, 3.05) is 18.9 Å². The quantitative estimate of drug-likeness (QED) is 0.647. The Balaban J connectivity index is 2.35. The molecule has 0 fully saturated rings. The molecule has 0 aliphatic rings. The highest BCUT2D eigenvalue weighted by Crippen LogP contribution is 2.07. The van der Waals surface area contributed by atoms with E-state index >= 15 is 0 Å². The number of imidazole rings is 2. The highest BCUT2D eigenvalue weighted by molar-refractivity contribution is 5.42. The summed E-state index contributed by atoms with van der Waals surface area (Å²) in [5.74, 6) is 1.16. The Hall–Kier alpha value is -1.69. The molecule has 6 heteroatoms. The summed E-state index contributed by atoms with van der Waals surface area (Å²) < 4.78 is 3.16. The molecule has 2 aromatic heterocycles. The summed E-state index contributed by atoms with van der Waals surface area (Å²) in [5.41, 5.74) is 5.60. The third-order valence-corrected chi connectivity index (χ3v) is 1.68. The first-order valence-corrected chi connectivity index (χ1v) is 3.87. The fraction of sp³-hybridized carbons (Fsp3) is 0.286. The molecule has 70 valence electrons. The largest absolute Gasteiger partial charge is 0.408 e. The lowest BCUT2D eigenvalue weighted by molar-refractivity contribution is 0.0816. The Kier molecular flexibility index (Phi) is 1.82. The number of nitrogen functional groups attached to an aromatic ring is 1. The number of rotatable bonds is 3. The van der Waals surface area contributed by atoms with Gasteiger partial charge in [-0.3, -0.25) is 4.40 Å². The van der Waals surface area contributed by atoms with Crippen LogP contribution in [0.2, 0.25) is 0 Å². The van der Waals surface area contributed by atoms with E-state index in [1.54, 1.807) is 23.0 Å². The lowest BCUT2D eigenvalue weighted by Crippen LogP contribution is -2.14. The average Bonchev–Trinajstić information content (AvgIpc) is 2.67. The van der Waals surface area contributed by atoms with E-state index in [9.17, 15) is 0 Å². The van der Waals surface area contributed by atoms with Gasteiger partial charge in [0, 0.05) is 6.20 Å². The molecule has 0 saturated heterocycles. The Labute approximate surface area is 74.1 Å². The van der Waals surface area contributed by atoms with Crippen molar-refractivity contribution in [2.24, 2.45) is 0 Å². The molecule has 13 heavy (non-hydrogen) atoms. The van der Waals surface area contributed by atoms with E-state index in [2.05, 4.69) is 4.98 Å². The zero-order valence-electron chi connectivity index (χ0n) is 6.92. The molecule has 0 radical (unpaired) electrons. The molecule has 0 bridgehead atoms. The van der Waals surface area contributed by atoms with E-state index in [4.69, 9.17) is 15.7 Å². The van der Waals surface area contributed by atoms with E-state index in [0.29, 0.717) is 11.6 Å². The van der Waals surface area contributed by atoms with Crippen molar-refractivity contribution in [1.29, 1.82) is 0 Å². The molecule has 2 rings (SSSR count). The zero-order valence-corrected chi connectivity index (χ0v) is 6.92. The average molecular weight is 182 g/mol. The van der Waals surface area contributed by atoms with Crippen molar-refractivity contribution in [2.45, 2.75) is 0 Å². The molecule has 3 N–H and O–H groups in total. The number of nitrogens with zero attached hydrogens (tertiary/aromatic N) is 3. The summed E-state index contributed by atoms with van der Waals surface area (Å²) in [4.78, 5) is 9.17. The molecular weight excluding hydrogens is 172 g/mol. The maximum absolute atomic E-state index is 8.55. The number of hydrogen-bond donors (Lipinski definition) is 2. The van der Waals surface area contributed by atoms with Gasteiger partial charge in [-0.1, -0.05) is 0 Å². The Morgan fingerprint density at radius 2 is 2.38 bits per heavy atom. The second-order valence-electron chi connectivity index (χ2n) is 2.53. The highest BCUT2D eigenvalue weighted by atomic mass is 16.7. The SMILES string of the molecule is Nc1cnc2n(OCCO)ccn12. The fourth-order valence-corrected chi connectivity index (χ4v) is 1.11. The number of nitrogens with two attached hydrogens (primary N) is 1. The Morgan fingerprint density at radius 1 is 1.54 bits per heavy atom. The van der Waals surface area contributed by atoms with Crippen LogP contribution in [0.3, 0.4) is 0 Å². The van der Waals surface area contributed by atoms with Crippen LogP contribution in [0.15, 0.2) is 18.6 Å². The van der Waals surface area contributed by atoms with Crippen LogP contribution in [0.4, 0.5) is 5.82 Å². The molecule has 0 spiro atoms. The summed E-state index contributed by atoms with van der Waals surface area (Å²) in [6, 6.07) is 0. The van der Waals surface area contributed by atoms with Gasteiger partial charge in [-0.25, -0.2) is 4.98 Å². The number of anilines is 1. The van der Waals surface area contributed by atoms with Crippen molar-refractivity contribution in [3.63, 3.8) is 0 Å². The van der Waals surface area contributed by atoms with Crippen molar-refractivity contribution < 1.29 is 9.94 Å². The first-order valence-electron chi connectivity index (χ1n) is 3.87. The number of fused-ring (bicyclic) bond motifs is 1. The van der Waals surface area contributed by atoms with Crippen LogP contribution in [-0.2, 0) is 0 Å². The molecule has 2 aromatic rings. The predicted octanol–water partition coefficient (Wildman–Crippen LogP) is -0.861. The predicted molar refractivity (Wildman–Crippen MR) is 46.1 cm³/mol. The molecule has 0 saturated carbocycles. The highest BCUT2D eigenvalue weighted by Gasteiger charge is 2.04. The van der Waals surface area contributed by atoms with Gasteiger partial charge >= 0.3 is 0 Å². The number of hydrogen-bond acceptors (Lipinski definition) is 4. The first-order chi connectivity index (χ1) is 6.33. The van der Waals surface area contributed by atoms with Gasteiger partial charge in [0.05, 0.1) is 19.0 Å². The lowest BCUT2D eigenvalue weighted by atomic mass is 10.8. The van der Waals surface area contributed by atoms with Crippen molar-refractivity contribution in [3.05, 3.63) is 18.6 Å². The van der Waals surface area contributed by atoms with Gasteiger partial charge in [0.1, 0.15) is 12.4 Å². The molecule has 0 amide bonds. The van der Waals surface area contributed by atoms with Crippen LogP contribution in [0.25, 0.3) is 5.78 Å². The third-order valence-electron chi connectivity index (χ3n) is 1.68. The van der Waals surface area contributed by atoms with Crippen LogP contribution < -0.4 is 10.6 Å². The zero-order chi connectivity index (χ0) is 9.26. The summed E-state index contributed by atoms with van der Waals surface area (Å²) in [5, 5.41) is 8.55. The van der Waals surface area contributed by atoms with Crippen molar-refractivity contribution in [1.82, 2.24) is 14.1 Å². The number of aromatic nitrogens is 3. The molecule has 0 unspecified atom stereocenters. The topological polar surface area (TPSA) is 77.7 Å². The van der Waals surface area contributed by atoms with Gasteiger partial charge in [0.2, 0.25) is 5.78 Å². The van der Waals surface area contributed by atoms with E-state index in [0.717, 1.165) is 0 Å². The summed E-state index contributed by atoms with van der Waals surface area (Å²) in [7, 11) is 0. The van der Waals surface area contributed by atoms with Crippen molar-refractivity contribution >= 4 is 11.6 Å². The lowest BCUT2D eigenvalue weighted by Gasteiger charge is -2.02. The minimum atomic E-state index is -0.0273. The van der Waals surface area contributed by atoms with E-state index in [1.165, 1.54) is 4.73 Å². The van der Waals surface area contributed by atoms with E-state index < -0.39 is 0 Å². The van der Waals surface area contributed by atoms with Crippen molar-refractivity contribution in [3.8, 4) is 0 Å². The van der Waals surface area contributed by atoms with Gasteiger partial charge in [-0.2, -0.15) is 4.73 Å². The van der Waals surface area contributed by atoms with E-state index in [1.807, 2.05) is 0 Å². The first kappa shape index (κ1) is 7.93. The number of aliphatic hydroxyl groups is 1. The van der Waals surface area contributed by atoms with Crippen LogP contribution in [-0.4, -0.2) is 32.4 Å². The molecule has 0 aliphatic carbocycles. The Morgan fingerprint density at radius 3 is 3.15 bits per heavy atom. The van der Waals surface area contributed by atoms with Gasteiger partial charge in [0.15, 0.2) is 0 Å². The fourth-order valence-electron chi connectivity index (χ4n) is 1.11. The summed E-state index contributed by atoms with van der Waals surface area (Å²) in [6.45, 7) is 0.206. The normalized spacial score (nSPS) is 10.8. The molecule has 0 atom stereocenters. The summed E-state index contributed by atoms with van der Waals surface area (Å²) in [6.07, 6.45) is 4.98. The number of aliphatic hydroxyl groups excluding tert-OH is 1. The second-order valence-corrected chi connectivity index (χ2v) is 2.53. The molecule has 0 aromatic carbocycles. The van der Waals surface area contributed by atoms with Gasteiger partial charge in [-0.05, 0) is 0 Å². The standard InChI is InChI=1S/C7H10N4O2/c8-6-5-9-7-10(6)1-2-11(7)13-4-3-12/h1-2,5,12H,3-4,8H2. The second kappa shape index (κ2) is 2.98.